The van der Waals surface area contributed by atoms with Gasteiger partial charge in [-0.3, -0.25) is 0 Å². The monoisotopic (exact) mass is 375 g/mol. The highest BCUT2D eigenvalue weighted by atomic mass is 32.2. The summed E-state index contributed by atoms with van der Waals surface area (Å²) in [7, 11) is -3.52. The molecular weight excluding hydrogens is 350 g/mol. The van der Waals surface area contributed by atoms with E-state index in [0.717, 1.165) is 43.9 Å². The van der Waals surface area contributed by atoms with Crippen LogP contribution < -0.4 is 15.8 Å². The van der Waals surface area contributed by atoms with E-state index >= 15 is 0 Å². The van der Waals surface area contributed by atoms with Crippen molar-refractivity contribution in [2.75, 3.05) is 30.8 Å². The fourth-order valence-electron chi connectivity index (χ4n) is 2.95. The maximum absolute atomic E-state index is 12.3. The van der Waals surface area contributed by atoms with Crippen molar-refractivity contribution < 1.29 is 13.2 Å². The van der Waals surface area contributed by atoms with Crippen LogP contribution in [0.4, 0.5) is 11.4 Å². The van der Waals surface area contributed by atoms with Gasteiger partial charge in [-0.05, 0) is 48.6 Å². The number of nitrogens with one attached hydrogen (secondary N) is 2. The lowest BCUT2D eigenvalue weighted by Crippen LogP contribution is -2.24. The average molecular weight is 375 g/mol. The van der Waals surface area contributed by atoms with Gasteiger partial charge in [-0.1, -0.05) is 24.3 Å². The summed E-state index contributed by atoms with van der Waals surface area (Å²) in [6.45, 7) is 2.71. The SMILES string of the molecule is Nc1cc(CNS(=O)(=O)c2ccccc2)ccc1NCC1CCOCC1. The van der Waals surface area contributed by atoms with Crippen molar-refractivity contribution in [3.8, 4) is 0 Å². The molecule has 0 radical (unpaired) electrons. The molecule has 1 heterocycles. The zero-order valence-corrected chi connectivity index (χ0v) is 15.5. The van der Waals surface area contributed by atoms with E-state index in [1.807, 2.05) is 12.1 Å². The van der Waals surface area contributed by atoms with E-state index < -0.39 is 10.0 Å². The first-order chi connectivity index (χ1) is 12.5. The van der Waals surface area contributed by atoms with Crippen molar-refractivity contribution in [2.24, 2.45) is 5.92 Å². The van der Waals surface area contributed by atoms with Crippen LogP contribution in [-0.4, -0.2) is 28.2 Å². The zero-order chi connectivity index (χ0) is 18.4. The summed E-state index contributed by atoms with van der Waals surface area (Å²) < 4.78 is 32.5. The Labute approximate surface area is 154 Å². The lowest BCUT2D eigenvalue weighted by Gasteiger charge is -2.23. The third-order valence-corrected chi connectivity index (χ3v) is 5.98. The van der Waals surface area contributed by atoms with Crippen LogP contribution in [0.2, 0.25) is 0 Å². The fourth-order valence-corrected chi connectivity index (χ4v) is 3.99. The third-order valence-electron chi connectivity index (χ3n) is 4.56. The standard InChI is InChI=1S/C19H25N3O3S/c20-18-12-16(14-22-26(23,24)17-4-2-1-3-5-17)6-7-19(18)21-13-15-8-10-25-11-9-15/h1-7,12,15,21-22H,8-11,13-14,20H2. The lowest BCUT2D eigenvalue weighted by atomic mass is 10.0. The predicted molar refractivity (Wildman–Crippen MR) is 103 cm³/mol. The Morgan fingerprint density at radius 3 is 2.50 bits per heavy atom. The molecule has 0 unspecified atom stereocenters. The molecule has 6 nitrogen and oxygen atoms in total. The molecule has 0 atom stereocenters. The quantitative estimate of drug-likeness (QED) is 0.647. The smallest absolute Gasteiger partial charge is 0.240 e. The van der Waals surface area contributed by atoms with E-state index in [0.29, 0.717) is 11.6 Å². The van der Waals surface area contributed by atoms with Crippen LogP contribution in [-0.2, 0) is 21.3 Å². The molecule has 3 rings (SSSR count). The average Bonchev–Trinajstić information content (AvgIpc) is 2.67. The molecule has 1 saturated heterocycles. The molecule has 1 aliphatic rings. The van der Waals surface area contributed by atoms with Gasteiger partial charge in [0.25, 0.3) is 0 Å². The number of anilines is 2. The summed E-state index contributed by atoms with van der Waals surface area (Å²) in [6, 6.07) is 13.9. The van der Waals surface area contributed by atoms with Gasteiger partial charge in [-0.25, -0.2) is 13.1 Å². The van der Waals surface area contributed by atoms with E-state index in [9.17, 15) is 8.42 Å². The number of hydrogen-bond acceptors (Lipinski definition) is 5. The molecular formula is C19H25N3O3S. The Hall–Kier alpha value is -2.09. The number of benzene rings is 2. The summed E-state index contributed by atoms with van der Waals surface area (Å²) in [4.78, 5) is 0.253. The highest BCUT2D eigenvalue weighted by molar-refractivity contribution is 7.89. The lowest BCUT2D eigenvalue weighted by molar-refractivity contribution is 0.0699. The number of sulfonamides is 1. The van der Waals surface area contributed by atoms with E-state index in [1.54, 1.807) is 36.4 Å². The topological polar surface area (TPSA) is 93.5 Å². The summed E-state index contributed by atoms with van der Waals surface area (Å²) in [6.07, 6.45) is 2.12. The second kappa shape index (κ2) is 8.53. The van der Waals surface area contributed by atoms with Crippen LogP contribution in [0.3, 0.4) is 0 Å². The second-order valence-corrected chi connectivity index (χ2v) is 8.26. The summed E-state index contributed by atoms with van der Waals surface area (Å²) >= 11 is 0. The molecule has 7 heteroatoms. The number of nitrogen functional groups attached to an aromatic ring is 1. The maximum atomic E-state index is 12.3. The van der Waals surface area contributed by atoms with Crippen LogP contribution in [0.5, 0.6) is 0 Å². The molecule has 2 aromatic rings. The second-order valence-electron chi connectivity index (χ2n) is 6.50. The highest BCUT2D eigenvalue weighted by Gasteiger charge is 2.15. The molecule has 0 spiro atoms. The van der Waals surface area contributed by atoms with E-state index in [1.165, 1.54) is 0 Å². The molecule has 26 heavy (non-hydrogen) atoms. The van der Waals surface area contributed by atoms with Crippen molar-refractivity contribution in [2.45, 2.75) is 24.3 Å². The first kappa shape index (κ1) is 18.7. The molecule has 140 valence electrons. The normalized spacial score (nSPS) is 15.7. The van der Waals surface area contributed by atoms with Gasteiger partial charge < -0.3 is 15.8 Å². The van der Waals surface area contributed by atoms with Gasteiger partial charge in [0.05, 0.1) is 16.3 Å². The first-order valence-corrected chi connectivity index (χ1v) is 10.3. The van der Waals surface area contributed by atoms with Crippen molar-refractivity contribution in [1.29, 1.82) is 0 Å². The van der Waals surface area contributed by atoms with Gasteiger partial charge in [-0.15, -0.1) is 0 Å². The summed E-state index contributed by atoms with van der Waals surface area (Å²) in [5.41, 5.74) is 8.44. The van der Waals surface area contributed by atoms with E-state index in [4.69, 9.17) is 10.5 Å². The van der Waals surface area contributed by atoms with E-state index in [2.05, 4.69) is 10.0 Å². The fraction of sp³-hybridized carbons (Fsp3) is 0.368. The van der Waals surface area contributed by atoms with Gasteiger partial charge in [-0.2, -0.15) is 0 Å². The number of nitrogens with two attached hydrogens (primary N) is 1. The minimum Gasteiger partial charge on any atom is -0.397 e. The van der Waals surface area contributed by atoms with Gasteiger partial charge in [0.1, 0.15) is 0 Å². The van der Waals surface area contributed by atoms with Gasteiger partial charge in [0.15, 0.2) is 0 Å². The van der Waals surface area contributed by atoms with Crippen molar-refractivity contribution in [3.63, 3.8) is 0 Å². The Bertz CT molecular complexity index is 819. The third kappa shape index (κ3) is 4.97. The highest BCUT2D eigenvalue weighted by Crippen LogP contribution is 2.22. The van der Waals surface area contributed by atoms with Crippen LogP contribution >= 0.6 is 0 Å². The maximum Gasteiger partial charge on any atom is 0.240 e. The minimum atomic E-state index is -3.52. The molecule has 4 N–H and O–H groups in total. The molecule has 2 aromatic carbocycles. The number of rotatable bonds is 7. The molecule has 0 saturated carbocycles. The summed E-state index contributed by atoms with van der Waals surface area (Å²) in [5, 5.41) is 3.39. The van der Waals surface area contributed by atoms with Gasteiger partial charge in [0.2, 0.25) is 10.0 Å². The molecule has 0 amide bonds. The van der Waals surface area contributed by atoms with Crippen LogP contribution in [0, 0.1) is 5.92 Å². The minimum absolute atomic E-state index is 0.196. The van der Waals surface area contributed by atoms with Crippen LogP contribution in [0.15, 0.2) is 53.4 Å². The van der Waals surface area contributed by atoms with Crippen molar-refractivity contribution in [1.82, 2.24) is 4.72 Å². The zero-order valence-electron chi connectivity index (χ0n) is 14.6. The molecule has 1 fully saturated rings. The molecule has 0 aliphatic carbocycles. The molecule has 1 aliphatic heterocycles. The van der Waals surface area contributed by atoms with Crippen LogP contribution in [0.25, 0.3) is 0 Å². The van der Waals surface area contributed by atoms with Crippen molar-refractivity contribution >= 4 is 21.4 Å². The largest absolute Gasteiger partial charge is 0.397 e. The van der Waals surface area contributed by atoms with E-state index in [-0.39, 0.29) is 11.4 Å². The Morgan fingerprint density at radius 2 is 1.81 bits per heavy atom. The summed E-state index contributed by atoms with van der Waals surface area (Å²) in [5.74, 6) is 0.598. The Morgan fingerprint density at radius 1 is 1.08 bits per heavy atom. The van der Waals surface area contributed by atoms with Gasteiger partial charge in [0, 0.05) is 26.3 Å². The Balaban J connectivity index is 1.57. The number of ether oxygens (including phenoxy) is 1. The van der Waals surface area contributed by atoms with Crippen LogP contribution in [0.1, 0.15) is 18.4 Å². The van der Waals surface area contributed by atoms with Gasteiger partial charge >= 0.3 is 0 Å². The van der Waals surface area contributed by atoms with Crippen molar-refractivity contribution in [3.05, 3.63) is 54.1 Å². The molecule has 0 bridgehead atoms. The predicted octanol–water partition coefficient (Wildman–Crippen LogP) is 2.59. The molecule has 0 aromatic heterocycles. The number of hydrogen-bond donors (Lipinski definition) is 3. The first-order valence-electron chi connectivity index (χ1n) is 8.79. The Kier molecular flexibility index (Phi) is 6.13.